The van der Waals surface area contributed by atoms with E-state index in [0.717, 1.165) is 31.0 Å². The van der Waals surface area contributed by atoms with Gasteiger partial charge in [0, 0.05) is 6.54 Å². The monoisotopic (exact) mass is 276 g/mol. The summed E-state index contributed by atoms with van der Waals surface area (Å²) in [6.45, 7) is 5.84. The van der Waals surface area contributed by atoms with Gasteiger partial charge in [0.2, 0.25) is 0 Å². The van der Waals surface area contributed by atoms with Crippen LogP contribution in [0, 0.1) is 0 Å². The van der Waals surface area contributed by atoms with E-state index in [4.69, 9.17) is 9.47 Å². The number of aromatic nitrogens is 4. The highest BCUT2D eigenvalue weighted by atomic mass is 16.5. The molecule has 108 valence electrons. The minimum atomic E-state index is 0.334. The molecule has 0 atom stereocenters. The number of para-hydroxylation sites is 2. The number of aryl methyl sites for hydroxylation is 1. The average molecular weight is 276 g/mol. The van der Waals surface area contributed by atoms with Crippen molar-refractivity contribution in [3.8, 4) is 11.5 Å². The van der Waals surface area contributed by atoms with Crippen LogP contribution in [0.2, 0.25) is 0 Å². The molecule has 0 radical (unpaired) electrons. The molecular weight excluding hydrogens is 256 g/mol. The molecule has 0 unspecified atom stereocenters. The summed E-state index contributed by atoms with van der Waals surface area (Å²) in [7, 11) is 0. The third kappa shape index (κ3) is 3.69. The Hall–Kier alpha value is -2.11. The largest absolute Gasteiger partial charge is 0.490 e. The molecule has 0 aliphatic carbocycles. The molecule has 2 aromatic rings. The van der Waals surface area contributed by atoms with Gasteiger partial charge in [0.05, 0.1) is 6.61 Å². The van der Waals surface area contributed by atoms with Crippen LogP contribution in [0.1, 0.15) is 32.5 Å². The van der Waals surface area contributed by atoms with Crippen molar-refractivity contribution in [2.45, 2.75) is 39.8 Å². The quantitative estimate of drug-likeness (QED) is 0.741. The van der Waals surface area contributed by atoms with E-state index < -0.39 is 0 Å². The number of nitrogens with zero attached hydrogens (tertiary/aromatic N) is 4. The van der Waals surface area contributed by atoms with E-state index in [9.17, 15) is 0 Å². The Balaban J connectivity index is 2.00. The standard InChI is InChI=1S/C14H20N4O2/c1-3-5-10-18-14(15-16-17-18)11-20-13-9-7-6-8-12(13)19-4-2/h6-9H,3-5,10-11H2,1-2H3. The van der Waals surface area contributed by atoms with Gasteiger partial charge in [0.1, 0.15) is 6.61 Å². The van der Waals surface area contributed by atoms with Crippen LogP contribution in [-0.4, -0.2) is 26.8 Å². The molecule has 0 N–H and O–H groups in total. The molecular formula is C14H20N4O2. The number of hydrogen-bond acceptors (Lipinski definition) is 5. The minimum absolute atomic E-state index is 0.334. The highest BCUT2D eigenvalue weighted by Gasteiger charge is 2.09. The Morgan fingerprint density at radius 2 is 1.85 bits per heavy atom. The van der Waals surface area contributed by atoms with Gasteiger partial charge in [-0.2, -0.15) is 0 Å². The Kier molecular flexibility index (Phi) is 5.34. The number of ether oxygens (including phenoxy) is 2. The second-order valence-corrected chi connectivity index (χ2v) is 4.34. The van der Waals surface area contributed by atoms with Crippen LogP contribution >= 0.6 is 0 Å². The van der Waals surface area contributed by atoms with Gasteiger partial charge in [-0.3, -0.25) is 0 Å². The summed E-state index contributed by atoms with van der Waals surface area (Å²) in [4.78, 5) is 0. The van der Waals surface area contributed by atoms with Gasteiger partial charge in [-0.15, -0.1) is 5.10 Å². The first kappa shape index (κ1) is 14.3. The first-order chi connectivity index (χ1) is 9.85. The van der Waals surface area contributed by atoms with Crippen LogP contribution in [0.4, 0.5) is 0 Å². The van der Waals surface area contributed by atoms with Crippen molar-refractivity contribution in [1.82, 2.24) is 20.2 Å². The minimum Gasteiger partial charge on any atom is -0.490 e. The van der Waals surface area contributed by atoms with Crippen LogP contribution in [-0.2, 0) is 13.2 Å². The molecule has 2 rings (SSSR count). The van der Waals surface area contributed by atoms with Crippen LogP contribution in [0.3, 0.4) is 0 Å². The van der Waals surface area contributed by atoms with Gasteiger partial charge in [0.25, 0.3) is 0 Å². The summed E-state index contributed by atoms with van der Waals surface area (Å²) in [5.74, 6) is 2.17. The SMILES string of the molecule is CCCCn1nnnc1COc1ccccc1OCC. The smallest absolute Gasteiger partial charge is 0.189 e. The van der Waals surface area contributed by atoms with Gasteiger partial charge < -0.3 is 9.47 Å². The van der Waals surface area contributed by atoms with Crippen LogP contribution in [0.25, 0.3) is 0 Å². The number of hydrogen-bond donors (Lipinski definition) is 0. The summed E-state index contributed by atoms with van der Waals surface area (Å²) in [5, 5.41) is 11.7. The zero-order valence-corrected chi connectivity index (χ0v) is 12.0. The lowest BCUT2D eigenvalue weighted by Gasteiger charge is -2.11. The molecule has 0 spiro atoms. The Morgan fingerprint density at radius 3 is 2.55 bits per heavy atom. The third-order valence-electron chi connectivity index (χ3n) is 2.84. The zero-order chi connectivity index (χ0) is 14.2. The van der Waals surface area contributed by atoms with Crippen LogP contribution < -0.4 is 9.47 Å². The van der Waals surface area contributed by atoms with Crippen molar-refractivity contribution in [3.63, 3.8) is 0 Å². The second kappa shape index (κ2) is 7.47. The highest BCUT2D eigenvalue weighted by molar-refractivity contribution is 5.39. The highest BCUT2D eigenvalue weighted by Crippen LogP contribution is 2.26. The van der Waals surface area contributed by atoms with Crippen molar-refractivity contribution in [2.24, 2.45) is 0 Å². The fourth-order valence-electron chi connectivity index (χ4n) is 1.79. The lowest BCUT2D eigenvalue weighted by atomic mass is 10.3. The number of tetrazole rings is 1. The normalized spacial score (nSPS) is 10.5. The van der Waals surface area contributed by atoms with E-state index in [2.05, 4.69) is 22.4 Å². The first-order valence-electron chi connectivity index (χ1n) is 6.94. The van der Waals surface area contributed by atoms with Gasteiger partial charge in [0.15, 0.2) is 17.3 Å². The van der Waals surface area contributed by atoms with E-state index in [1.54, 1.807) is 4.68 Å². The van der Waals surface area contributed by atoms with E-state index in [1.807, 2.05) is 31.2 Å². The third-order valence-corrected chi connectivity index (χ3v) is 2.84. The Labute approximate surface area is 118 Å². The summed E-state index contributed by atoms with van der Waals surface area (Å²) < 4.78 is 13.1. The number of unbranched alkanes of at least 4 members (excludes halogenated alkanes) is 1. The molecule has 6 nitrogen and oxygen atoms in total. The molecule has 0 amide bonds. The molecule has 0 fully saturated rings. The zero-order valence-electron chi connectivity index (χ0n) is 12.0. The molecule has 0 aliphatic rings. The average Bonchev–Trinajstić information content (AvgIpc) is 2.92. The molecule has 1 aromatic heterocycles. The predicted octanol–water partition coefficient (Wildman–Crippen LogP) is 2.45. The van der Waals surface area contributed by atoms with Gasteiger partial charge in [-0.1, -0.05) is 25.5 Å². The summed E-state index contributed by atoms with van der Waals surface area (Å²) in [6, 6.07) is 7.60. The van der Waals surface area contributed by atoms with Crippen molar-refractivity contribution in [1.29, 1.82) is 0 Å². The lowest BCUT2D eigenvalue weighted by Crippen LogP contribution is -2.09. The molecule has 0 saturated heterocycles. The fraction of sp³-hybridized carbons (Fsp3) is 0.500. The van der Waals surface area contributed by atoms with Gasteiger partial charge in [-0.05, 0) is 35.9 Å². The van der Waals surface area contributed by atoms with E-state index in [-0.39, 0.29) is 0 Å². The number of benzene rings is 1. The van der Waals surface area contributed by atoms with Crippen LogP contribution in [0.5, 0.6) is 11.5 Å². The molecule has 6 heteroatoms. The first-order valence-corrected chi connectivity index (χ1v) is 6.94. The van der Waals surface area contributed by atoms with Crippen LogP contribution in [0.15, 0.2) is 24.3 Å². The topological polar surface area (TPSA) is 62.1 Å². The molecule has 0 saturated carbocycles. The van der Waals surface area contributed by atoms with Crippen molar-refractivity contribution < 1.29 is 9.47 Å². The second-order valence-electron chi connectivity index (χ2n) is 4.34. The van der Waals surface area contributed by atoms with Gasteiger partial charge >= 0.3 is 0 Å². The lowest BCUT2D eigenvalue weighted by molar-refractivity contribution is 0.257. The predicted molar refractivity (Wildman–Crippen MR) is 74.7 cm³/mol. The summed E-state index contributed by atoms with van der Waals surface area (Å²) >= 11 is 0. The molecule has 1 aromatic carbocycles. The maximum absolute atomic E-state index is 5.77. The molecule has 1 heterocycles. The van der Waals surface area contributed by atoms with Crippen molar-refractivity contribution in [3.05, 3.63) is 30.1 Å². The fourth-order valence-corrected chi connectivity index (χ4v) is 1.79. The Morgan fingerprint density at radius 1 is 1.10 bits per heavy atom. The molecule has 0 bridgehead atoms. The summed E-state index contributed by atoms with van der Waals surface area (Å²) in [5.41, 5.74) is 0. The van der Waals surface area contributed by atoms with E-state index in [0.29, 0.717) is 19.0 Å². The number of rotatable bonds is 8. The van der Waals surface area contributed by atoms with E-state index in [1.165, 1.54) is 0 Å². The van der Waals surface area contributed by atoms with Crippen molar-refractivity contribution >= 4 is 0 Å². The van der Waals surface area contributed by atoms with Gasteiger partial charge in [-0.25, -0.2) is 4.68 Å². The van der Waals surface area contributed by atoms with Crippen molar-refractivity contribution in [2.75, 3.05) is 6.61 Å². The summed E-state index contributed by atoms with van der Waals surface area (Å²) in [6.07, 6.45) is 2.15. The maximum Gasteiger partial charge on any atom is 0.189 e. The molecule has 0 aliphatic heterocycles. The maximum atomic E-state index is 5.77. The van der Waals surface area contributed by atoms with E-state index >= 15 is 0 Å². The molecule has 20 heavy (non-hydrogen) atoms. The Bertz CT molecular complexity index is 527.